The molecular formula is C24H24N2O4. The Balaban J connectivity index is 1.77. The van der Waals surface area contributed by atoms with Gasteiger partial charge in [0.15, 0.2) is 0 Å². The third-order valence-corrected chi connectivity index (χ3v) is 4.99. The number of ether oxygens (including phenoxy) is 4. The van der Waals surface area contributed by atoms with Crippen molar-refractivity contribution in [2.75, 3.05) is 26.8 Å². The Morgan fingerprint density at radius 2 is 1.67 bits per heavy atom. The Kier molecular flexibility index (Phi) is 5.75. The fourth-order valence-electron chi connectivity index (χ4n) is 3.47. The average Bonchev–Trinajstić information content (AvgIpc) is 2.82. The number of nitrogens with one attached hydrogen (secondary N) is 1. The van der Waals surface area contributed by atoms with Gasteiger partial charge in [-0.2, -0.15) is 5.10 Å². The van der Waals surface area contributed by atoms with Gasteiger partial charge >= 0.3 is 0 Å². The van der Waals surface area contributed by atoms with Crippen LogP contribution < -0.4 is 24.4 Å². The molecule has 1 heterocycles. The summed E-state index contributed by atoms with van der Waals surface area (Å²) in [5.41, 5.74) is 6.73. The van der Waals surface area contributed by atoms with Crippen molar-refractivity contribution in [2.24, 2.45) is 5.10 Å². The predicted molar refractivity (Wildman–Crippen MR) is 117 cm³/mol. The predicted octanol–water partition coefficient (Wildman–Crippen LogP) is 5.05. The Labute approximate surface area is 176 Å². The van der Waals surface area contributed by atoms with E-state index in [9.17, 15) is 0 Å². The summed E-state index contributed by atoms with van der Waals surface area (Å²) in [7, 11) is 4.91. The van der Waals surface area contributed by atoms with E-state index in [2.05, 4.69) is 5.43 Å². The van der Waals surface area contributed by atoms with Crippen molar-refractivity contribution in [2.45, 2.75) is 12.5 Å². The molecule has 0 bridgehead atoms. The molecule has 0 amide bonds. The highest BCUT2D eigenvalue weighted by atomic mass is 16.5. The highest BCUT2D eigenvalue weighted by molar-refractivity contribution is 6.07. The van der Waals surface area contributed by atoms with Gasteiger partial charge in [0, 0.05) is 18.6 Å². The molecule has 0 radical (unpaired) electrons. The van der Waals surface area contributed by atoms with E-state index in [1.54, 1.807) is 21.3 Å². The van der Waals surface area contributed by atoms with Gasteiger partial charge in [0.05, 0.1) is 38.3 Å². The van der Waals surface area contributed by atoms with Crippen LogP contribution in [0, 0.1) is 0 Å². The molecule has 4 rings (SSSR count). The molecule has 154 valence electrons. The van der Waals surface area contributed by atoms with Crippen molar-refractivity contribution in [1.82, 2.24) is 0 Å². The number of benzene rings is 3. The summed E-state index contributed by atoms with van der Waals surface area (Å²) in [4.78, 5) is 0. The summed E-state index contributed by atoms with van der Waals surface area (Å²) in [5.74, 6) is 2.76. The first kappa shape index (κ1) is 19.6. The van der Waals surface area contributed by atoms with Crippen LogP contribution in [0.5, 0.6) is 23.0 Å². The molecule has 0 fully saturated rings. The van der Waals surface area contributed by atoms with Crippen molar-refractivity contribution < 1.29 is 18.9 Å². The number of hydrazone groups is 1. The van der Waals surface area contributed by atoms with Gasteiger partial charge in [0.1, 0.15) is 29.1 Å². The first-order chi connectivity index (χ1) is 14.7. The summed E-state index contributed by atoms with van der Waals surface area (Å²) in [6, 6.07) is 21.4. The van der Waals surface area contributed by atoms with E-state index in [-0.39, 0.29) is 6.10 Å². The molecule has 1 atom stereocenters. The fourth-order valence-corrected chi connectivity index (χ4v) is 3.47. The summed E-state index contributed by atoms with van der Waals surface area (Å²) in [6.07, 6.45) is 0.351. The van der Waals surface area contributed by atoms with Gasteiger partial charge in [-0.15, -0.1) is 0 Å². The second-order valence-corrected chi connectivity index (χ2v) is 6.83. The molecule has 3 aromatic carbocycles. The SMILES string of the molecule is COc1cccc(C2C/C(=N\Nc3ccccc3)c3c(OC)cc(OC)cc3O2)c1. The maximum atomic E-state index is 6.36. The number of hydrogen-bond donors (Lipinski definition) is 1. The molecule has 3 aromatic rings. The number of rotatable bonds is 6. The van der Waals surface area contributed by atoms with Gasteiger partial charge in [0.25, 0.3) is 0 Å². The van der Waals surface area contributed by atoms with Crippen molar-refractivity contribution in [3.05, 3.63) is 77.9 Å². The van der Waals surface area contributed by atoms with Gasteiger partial charge in [-0.05, 0) is 29.8 Å². The lowest BCUT2D eigenvalue weighted by Gasteiger charge is -2.29. The number of para-hydroxylation sites is 1. The molecular weight excluding hydrogens is 380 g/mol. The minimum atomic E-state index is -0.222. The maximum absolute atomic E-state index is 6.36. The first-order valence-electron chi connectivity index (χ1n) is 9.66. The molecule has 6 heteroatoms. The van der Waals surface area contributed by atoms with Crippen molar-refractivity contribution in [3.63, 3.8) is 0 Å². The van der Waals surface area contributed by atoms with E-state index in [0.29, 0.717) is 23.7 Å². The normalized spacial score (nSPS) is 16.4. The fraction of sp³-hybridized carbons (Fsp3) is 0.208. The van der Waals surface area contributed by atoms with Gasteiger partial charge in [-0.25, -0.2) is 0 Å². The summed E-state index contributed by atoms with van der Waals surface area (Å²) >= 11 is 0. The highest BCUT2D eigenvalue weighted by Gasteiger charge is 2.30. The molecule has 0 saturated carbocycles. The van der Waals surface area contributed by atoms with E-state index in [1.165, 1.54) is 0 Å². The lowest BCUT2D eigenvalue weighted by atomic mass is 9.94. The monoisotopic (exact) mass is 404 g/mol. The van der Waals surface area contributed by atoms with Crippen LogP contribution >= 0.6 is 0 Å². The van der Waals surface area contributed by atoms with Crippen molar-refractivity contribution in [3.8, 4) is 23.0 Å². The summed E-state index contributed by atoms with van der Waals surface area (Å²) < 4.78 is 22.8. The topological polar surface area (TPSA) is 61.3 Å². The highest BCUT2D eigenvalue weighted by Crippen LogP contribution is 2.43. The second-order valence-electron chi connectivity index (χ2n) is 6.83. The molecule has 30 heavy (non-hydrogen) atoms. The zero-order valence-corrected chi connectivity index (χ0v) is 17.2. The quantitative estimate of drug-likeness (QED) is 0.583. The largest absolute Gasteiger partial charge is 0.497 e. The van der Waals surface area contributed by atoms with E-state index in [0.717, 1.165) is 28.3 Å². The molecule has 1 unspecified atom stereocenters. The standard InChI is InChI=1S/C24H24N2O4/c1-27-18-11-7-8-16(12-18)21-15-20(26-25-17-9-5-4-6-10-17)24-22(29-3)13-19(28-2)14-23(24)30-21/h4-14,21,25H,15H2,1-3H3/b26-20+. The van der Waals surface area contributed by atoms with Crippen molar-refractivity contribution in [1.29, 1.82) is 0 Å². The number of anilines is 1. The molecule has 0 saturated heterocycles. The van der Waals surface area contributed by atoms with E-state index >= 15 is 0 Å². The van der Waals surface area contributed by atoms with Gasteiger partial charge in [-0.3, -0.25) is 5.43 Å². The zero-order chi connectivity index (χ0) is 20.9. The molecule has 0 spiro atoms. The van der Waals surface area contributed by atoms with E-state index < -0.39 is 0 Å². The Morgan fingerprint density at radius 1 is 0.867 bits per heavy atom. The lowest BCUT2D eigenvalue weighted by Crippen LogP contribution is -2.22. The molecule has 0 aromatic heterocycles. The first-order valence-corrected chi connectivity index (χ1v) is 9.66. The minimum absolute atomic E-state index is 0.222. The third kappa shape index (κ3) is 4.03. The zero-order valence-electron chi connectivity index (χ0n) is 17.2. The van der Waals surface area contributed by atoms with E-state index in [1.807, 2.05) is 66.7 Å². The van der Waals surface area contributed by atoms with Crippen LogP contribution in [0.3, 0.4) is 0 Å². The Morgan fingerprint density at radius 3 is 2.40 bits per heavy atom. The number of nitrogens with zero attached hydrogens (tertiary/aromatic N) is 1. The molecule has 1 aliphatic rings. The molecule has 1 aliphatic heterocycles. The van der Waals surface area contributed by atoms with Gasteiger partial charge in [-0.1, -0.05) is 30.3 Å². The summed E-state index contributed by atoms with van der Waals surface area (Å²) in [5, 5.41) is 4.71. The van der Waals surface area contributed by atoms with Crippen LogP contribution in [0.1, 0.15) is 23.7 Å². The van der Waals surface area contributed by atoms with Crippen LogP contribution in [-0.2, 0) is 0 Å². The van der Waals surface area contributed by atoms with E-state index in [4.69, 9.17) is 24.0 Å². The van der Waals surface area contributed by atoms with Crippen LogP contribution in [-0.4, -0.2) is 27.0 Å². The number of hydrogen-bond acceptors (Lipinski definition) is 6. The Bertz CT molecular complexity index is 1050. The van der Waals surface area contributed by atoms with Gasteiger partial charge in [0.2, 0.25) is 0 Å². The Hall–Kier alpha value is -3.67. The minimum Gasteiger partial charge on any atom is -0.497 e. The van der Waals surface area contributed by atoms with Gasteiger partial charge < -0.3 is 18.9 Å². The number of methoxy groups -OCH3 is 3. The molecule has 1 N–H and O–H groups in total. The lowest BCUT2D eigenvalue weighted by molar-refractivity contribution is 0.203. The molecule has 0 aliphatic carbocycles. The number of fused-ring (bicyclic) bond motifs is 1. The summed E-state index contributed by atoms with van der Waals surface area (Å²) in [6.45, 7) is 0. The van der Waals surface area contributed by atoms with Crippen LogP contribution in [0.15, 0.2) is 71.8 Å². The smallest absolute Gasteiger partial charge is 0.136 e. The van der Waals surface area contributed by atoms with Crippen LogP contribution in [0.4, 0.5) is 5.69 Å². The average molecular weight is 404 g/mol. The molecule has 6 nitrogen and oxygen atoms in total. The van der Waals surface area contributed by atoms with Crippen LogP contribution in [0.2, 0.25) is 0 Å². The maximum Gasteiger partial charge on any atom is 0.136 e. The van der Waals surface area contributed by atoms with Crippen molar-refractivity contribution >= 4 is 11.4 Å². The third-order valence-electron chi connectivity index (χ3n) is 4.99. The second kappa shape index (κ2) is 8.78. The van der Waals surface area contributed by atoms with Crippen LogP contribution in [0.25, 0.3) is 0 Å².